The maximum atomic E-state index is 12.2. The Morgan fingerprint density at radius 2 is 2.00 bits per heavy atom. The van der Waals surface area contributed by atoms with Gasteiger partial charge in [0.15, 0.2) is 0 Å². The zero-order valence-corrected chi connectivity index (χ0v) is 15.2. The summed E-state index contributed by atoms with van der Waals surface area (Å²) in [5.74, 6) is -0.111. The highest BCUT2D eigenvalue weighted by Crippen LogP contribution is 2.27. The summed E-state index contributed by atoms with van der Waals surface area (Å²) in [5.41, 5.74) is -0.0823. The van der Waals surface area contributed by atoms with Gasteiger partial charge in [0.25, 0.3) is 0 Å². The lowest BCUT2D eigenvalue weighted by atomic mass is 9.98. The number of nitrogens with one attached hydrogen (secondary N) is 1. The quantitative estimate of drug-likeness (QED) is 0.916. The van der Waals surface area contributed by atoms with Crippen LogP contribution >= 0.6 is 11.3 Å². The third kappa shape index (κ3) is 4.99. The second-order valence-electron chi connectivity index (χ2n) is 7.14. The number of hydrogen-bond donors (Lipinski definition) is 1. The van der Waals surface area contributed by atoms with Crippen molar-refractivity contribution in [3.05, 3.63) is 5.01 Å². The molecule has 1 fully saturated rings. The maximum Gasteiger partial charge on any atom is 0.226 e. The number of nitrogens with zero attached hydrogens (tertiary/aromatic N) is 3. The molecular formula is C16H26N4O2S. The van der Waals surface area contributed by atoms with Crippen molar-refractivity contribution in [2.75, 3.05) is 11.9 Å². The smallest absolute Gasteiger partial charge is 0.226 e. The normalized spacial score (nSPS) is 18.8. The Kier molecular flexibility index (Phi) is 5.73. The number of carbonyl (C=O) groups excluding carboxylic acids is 2. The molecule has 23 heavy (non-hydrogen) atoms. The highest BCUT2D eigenvalue weighted by atomic mass is 32.1. The van der Waals surface area contributed by atoms with Crippen LogP contribution in [0.4, 0.5) is 5.13 Å². The zero-order chi connectivity index (χ0) is 17.0. The number of carbonyl (C=O) groups is 2. The number of hydrogen-bond acceptors (Lipinski definition) is 5. The minimum atomic E-state index is -0.181. The predicted octanol–water partition coefficient (Wildman–Crippen LogP) is 2.96. The van der Waals surface area contributed by atoms with Crippen LogP contribution in [0.3, 0.4) is 0 Å². The molecule has 1 aliphatic rings. The molecule has 128 valence electrons. The Morgan fingerprint density at radius 3 is 2.61 bits per heavy atom. The summed E-state index contributed by atoms with van der Waals surface area (Å²) >= 11 is 1.38. The Morgan fingerprint density at radius 1 is 1.26 bits per heavy atom. The molecule has 2 rings (SSSR count). The van der Waals surface area contributed by atoms with E-state index in [4.69, 9.17) is 0 Å². The second-order valence-corrected chi connectivity index (χ2v) is 8.12. The molecule has 6 nitrogen and oxygen atoms in total. The fourth-order valence-electron chi connectivity index (χ4n) is 2.59. The van der Waals surface area contributed by atoms with Crippen molar-refractivity contribution in [2.45, 2.75) is 71.3 Å². The molecule has 0 aromatic carbocycles. The predicted molar refractivity (Wildman–Crippen MR) is 91.5 cm³/mol. The average molecular weight is 338 g/mol. The molecular weight excluding hydrogens is 312 g/mol. The minimum Gasteiger partial charge on any atom is -0.340 e. The van der Waals surface area contributed by atoms with E-state index in [1.54, 1.807) is 0 Å². The van der Waals surface area contributed by atoms with E-state index in [9.17, 15) is 9.59 Å². The Balaban J connectivity index is 1.81. The lowest BCUT2D eigenvalue weighted by molar-refractivity contribution is -0.135. The third-order valence-electron chi connectivity index (χ3n) is 4.00. The van der Waals surface area contributed by atoms with Gasteiger partial charge in [0, 0.05) is 30.8 Å². The highest BCUT2D eigenvalue weighted by Gasteiger charge is 2.24. The summed E-state index contributed by atoms with van der Waals surface area (Å²) in [6.07, 6.45) is 3.73. The summed E-state index contributed by atoms with van der Waals surface area (Å²) in [7, 11) is 0. The van der Waals surface area contributed by atoms with Crippen LogP contribution in [0, 0.1) is 0 Å². The maximum absolute atomic E-state index is 12.2. The summed E-state index contributed by atoms with van der Waals surface area (Å²) < 4.78 is 0. The molecule has 1 N–H and O–H groups in total. The van der Waals surface area contributed by atoms with Crippen LogP contribution in [0.2, 0.25) is 0 Å². The number of aromatic nitrogens is 2. The topological polar surface area (TPSA) is 75.2 Å². The van der Waals surface area contributed by atoms with Gasteiger partial charge in [-0.15, -0.1) is 10.2 Å². The van der Waals surface area contributed by atoms with Gasteiger partial charge in [-0.1, -0.05) is 32.1 Å². The number of likely N-dealkylation sites (tertiary alicyclic amines) is 1. The van der Waals surface area contributed by atoms with Crippen LogP contribution in [0.1, 0.15) is 64.8 Å². The van der Waals surface area contributed by atoms with E-state index in [1.165, 1.54) is 17.8 Å². The monoisotopic (exact) mass is 338 g/mol. The first-order chi connectivity index (χ1) is 10.8. The van der Waals surface area contributed by atoms with E-state index in [0.29, 0.717) is 5.13 Å². The molecule has 2 amide bonds. The number of amides is 2. The SMILES string of the molecule is C[C@@H]1CCCCN1C(=O)CCC(=O)Nc1nnc(C(C)(C)C)s1. The van der Waals surface area contributed by atoms with Crippen molar-refractivity contribution in [3.63, 3.8) is 0 Å². The lowest BCUT2D eigenvalue weighted by Crippen LogP contribution is -2.42. The van der Waals surface area contributed by atoms with Gasteiger partial charge in [-0.3, -0.25) is 9.59 Å². The van der Waals surface area contributed by atoms with Gasteiger partial charge in [0.1, 0.15) is 5.01 Å². The van der Waals surface area contributed by atoms with Gasteiger partial charge < -0.3 is 10.2 Å². The largest absolute Gasteiger partial charge is 0.340 e. The van der Waals surface area contributed by atoms with Crippen LogP contribution < -0.4 is 5.32 Å². The van der Waals surface area contributed by atoms with Gasteiger partial charge in [-0.05, 0) is 26.2 Å². The molecule has 0 bridgehead atoms. The molecule has 0 unspecified atom stereocenters. The van der Waals surface area contributed by atoms with Gasteiger partial charge in [-0.2, -0.15) is 0 Å². The first-order valence-electron chi connectivity index (χ1n) is 8.20. The van der Waals surface area contributed by atoms with Crippen molar-refractivity contribution in [3.8, 4) is 0 Å². The van der Waals surface area contributed by atoms with Gasteiger partial charge in [0.2, 0.25) is 16.9 Å². The van der Waals surface area contributed by atoms with E-state index in [0.717, 1.165) is 24.4 Å². The summed E-state index contributed by atoms with van der Waals surface area (Å²) in [5, 5.41) is 12.2. The second kappa shape index (κ2) is 7.38. The third-order valence-corrected chi connectivity index (χ3v) is 5.27. The molecule has 7 heteroatoms. The van der Waals surface area contributed by atoms with E-state index in [2.05, 4.69) is 43.2 Å². The molecule has 1 saturated heterocycles. The molecule has 1 aromatic heterocycles. The van der Waals surface area contributed by atoms with E-state index >= 15 is 0 Å². The van der Waals surface area contributed by atoms with Crippen molar-refractivity contribution in [2.24, 2.45) is 0 Å². The first-order valence-corrected chi connectivity index (χ1v) is 9.02. The van der Waals surface area contributed by atoms with Crippen molar-refractivity contribution in [1.29, 1.82) is 0 Å². The number of anilines is 1. The van der Waals surface area contributed by atoms with Crippen LogP contribution in [-0.4, -0.2) is 39.5 Å². The number of rotatable bonds is 4. The molecule has 1 atom stereocenters. The lowest BCUT2D eigenvalue weighted by Gasteiger charge is -2.33. The van der Waals surface area contributed by atoms with Crippen molar-refractivity contribution in [1.82, 2.24) is 15.1 Å². The molecule has 1 aliphatic heterocycles. The fraction of sp³-hybridized carbons (Fsp3) is 0.750. The number of piperidine rings is 1. The summed E-state index contributed by atoms with van der Waals surface area (Å²) in [6.45, 7) is 9.05. The molecule has 0 radical (unpaired) electrons. The van der Waals surface area contributed by atoms with Crippen molar-refractivity contribution < 1.29 is 9.59 Å². The van der Waals surface area contributed by atoms with Gasteiger partial charge in [-0.25, -0.2) is 0 Å². The van der Waals surface area contributed by atoms with E-state index in [1.807, 2.05) is 4.90 Å². The molecule has 0 spiro atoms. The minimum absolute atomic E-state index is 0.0694. The van der Waals surface area contributed by atoms with Crippen LogP contribution in [0.25, 0.3) is 0 Å². The Labute approximate surface area is 141 Å². The first kappa shape index (κ1) is 17.8. The zero-order valence-electron chi connectivity index (χ0n) is 14.4. The molecule has 0 aliphatic carbocycles. The van der Waals surface area contributed by atoms with Crippen LogP contribution in [0.5, 0.6) is 0 Å². The van der Waals surface area contributed by atoms with Gasteiger partial charge in [0.05, 0.1) is 0 Å². The Hall–Kier alpha value is -1.50. The van der Waals surface area contributed by atoms with Crippen LogP contribution in [-0.2, 0) is 15.0 Å². The standard InChI is InChI=1S/C16H26N4O2S/c1-11-7-5-6-10-20(11)13(22)9-8-12(21)17-15-19-18-14(23-15)16(2,3)4/h11H,5-10H2,1-4H3,(H,17,19,21)/t11-/m1/s1. The molecule has 2 heterocycles. The summed E-state index contributed by atoms with van der Waals surface area (Å²) in [4.78, 5) is 26.1. The van der Waals surface area contributed by atoms with Crippen LogP contribution in [0.15, 0.2) is 0 Å². The Bertz CT molecular complexity index is 565. The fourth-order valence-corrected chi connectivity index (χ4v) is 3.41. The average Bonchev–Trinajstić information content (AvgIpc) is 2.94. The van der Waals surface area contributed by atoms with E-state index in [-0.39, 0.29) is 36.1 Å². The highest BCUT2D eigenvalue weighted by molar-refractivity contribution is 7.15. The summed E-state index contributed by atoms with van der Waals surface area (Å²) in [6, 6.07) is 0.289. The van der Waals surface area contributed by atoms with E-state index < -0.39 is 0 Å². The molecule has 0 saturated carbocycles. The van der Waals surface area contributed by atoms with Crippen molar-refractivity contribution >= 4 is 28.3 Å². The molecule has 1 aromatic rings. The van der Waals surface area contributed by atoms with Gasteiger partial charge >= 0.3 is 0 Å².